The van der Waals surface area contributed by atoms with Crippen molar-refractivity contribution in [3.63, 3.8) is 0 Å². The number of rotatable bonds is 5. The molecule has 0 saturated heterocycles. The Kier molecular flexibility index (Phi) is 4.75. The third kappa shape index (κ3) is 3.36. The van der Waals surface area contributed by atoms with Gasteiger partial charge < -0.3 is 10.6 Å². The molecule has 0 saturated carbocycles. The summed E-state index contributed by atoms with van der Waals surface area (Å²) < 4.78 is 1.87. The van der Waals surface area contributed by atoms with Crippen molar-refractivity contribution in [2.24, 2.45) is 5.73 Å². The predicted octanol–water partition coefficient (Wildman–Crippen LogP) is 1.85. The summed E-state index contributed by atoms with van der Waals surface area (Å²) in [6.45, 7) is 3.62. The number of likely N-dealkylation sites (N-methyl/N-ethyl adjacent to an activating group) is 1. The van der Waals surface area contributed by atoms with Gasteiger partial charge in [-0.2, -0.15) is 5.10 Å². The summed E-state index contributed by atoms with van der Waals surface area (Å²) >= 11 is 6.25. The van der Waals surface area contributed by atoms with Crippen molar-refractivity contribution in [1.29, 1.82) is 0 Å². The number of aryl methyl sites for hydroxylation is 1. The number of halogens is 1. The van der Waals surface area contributed by atoms with Crippen LogP contribution in [0.3, 0.4) is 0 Å². The fourth-order valence-corrected chi connectivity index (χ4v) is 2.32. The van der Waals surface area contributed by atoms with Crippen molar-refractivity contribution >= 4 is 11.6 Å². The van der Waals surface area contributed by atoms with E-state index in [0.717, 1.165) is 29.9 Å². The lowest BCUT2D eigenvalue weighted by Gasteiger charge is -2.17. The van der Waals surface area contributed by atoms with Gasteiger partial charge in [0.1, 0.15) is 0 Å². The Morgan fingerprint density at radius 3 is 2.75 bits per heavy atom. The van der Waals surface area contributed by atoms with Gasteiger partial charge in [0.05, 0.1) is 29.5 Å². The van der Waals surface area contributed by atoms with Crippen LogP contribution in [-0.2, 0) is 6.54 Å². The minimum Gasteiger partial charge on any atom is -0.319 e. The van der Waals surface area contributed by atoms with Crippen LogP contribution in [0, 0.1) is 6.92 Å². The summed E-state index contributed by atoms with van der Waals surface area (Å²) in [5.74, 6) is 0. The second-order valence-corrected chi connectivity index (χ2v) is 5.58. The maximum Gasteiger partial charge on any atom is 0.0837 e. The van der Waals surface area contributed by atoms with E-state index < -0.39 is 0 Å². The molecule has 0 aliphatic rings. The zero-order chi connectivity index (χ0) is 14.7. The van der Waals surface area contributed by atoms with Gasteiger partial charge in [-0.15, -0.1) is 0 Å². The molecular weight excluding hydrogens is 274 g/mol. The summed E-state index contributed by atoms with van der Waals surface area (Å²) in [5, 5.41) is 4.91. The smallest absolute Gasteiger partial charge is 0.0837 e. The predicted molar refractivity (Wildman–Crippen MR) is 80.8 cm³/mol. The van der Waals surface area contributed by atoms with Crippen LogP contribution in [-0.4, -0.2) is 40.3 Å². The van der Waals surface area contributed by atoms with E-state index in [1.165, 1.54) is 0 Å². The molecule has 0 aliphatic carbocycles. The average Bonchev–Trinajstić information content (AvgIpc) is 2.76. The molecule has 0 bridgehead atoms. The highest BCUT2D eigenvalue weighted by atomic mass is 35.5. The summed E-state index contributed by atoms with van der Waals surface area (Å²) in [7, 11) is 4.05. The van der Waals surface area contributed by atoms with E-state index in [0.29, 0.717) is 5.02 Å². The molecule has 1 unspecified atom stereocenters. The van der Waals surface area contributed by atoms with E-state index in [1.54, 1.807) is 18.6 Å². The van der Waals surface area contributed by atoms with E-state index in [2.05, 4.69) is 15.0 Å². The molecule has 0 radical (unpaired) electrons. The molecular formula is C14H20ClN5. The Bertz CT molecular complexity index is 579. The number of nitrogens with two attached hydrogens (primary N) is 1. The Hall–Kier alpha value is -1.43. The highest BCUT2D eigenvalue weighted by molar-refractivity contribution is 6.31. The van der Waals surface area contributed by atoms with Gasteiger partial charge in [-0.05, 0) is 32.1 Å². The van der Waals surface area contributed by atoms with Crippen molar-refractivity contribution in [3.8, 4) is 0 Å². The lowest BCUT2D eigenvalue weighted by molar-refractivity contribution is 0.368. The minimum absolute atomic E-state index is 0.320. The first-order valence-corrected chi connectivity index (χ1v) is 6.90. The molecule has 2 rings (SSSR count). The largest absolute Gasteiger partial charge is 0.319 e. The lowest BCUT2D eigenvalue weighted by atomic mass is 10.1. The molecule has 6 heteroatoms. The van der Waals surface area contributed by atoms with Crippen LogP contribution in [0.4, 0.5) is 0 Å². The molecule has 0 amide bonds. The summed E-state index contributed by atoms with van der Waals surface area (Å²) in [6, 6.07) is 1.71. The average molecular weight is 294 g/mol. The Balaban J connectivity index is 2.29. The zero-order valence-electron chi connectivity index (χ0n) is 12.0. The quantitative estimate of drug-likeness (QED) is 0.914. The molecule has 1 atom stereocenters. The minimum atomic E-state index is -0.320. The molecule has 2 heterocycles. The van der Waals surface area contributed by atoms with Crippen LogP contribution in [0.15, 0.2) is 24.7 Å². The van der Waals surface area contributed by atoms with Crippen LogP contribution in [0.1, 0.15) is 22.9 Å². The van der Waals surface area contributed by atoms with E-state index in [-0.39, 0.29) is 6.04 Å². The second kappa shape index (κ2) is 6.35. The van der Waals surface area contributed by atoms with Crippen LogP contribution in [0.5, 0.6) is 0 Å². The first-order chi connectivity index (χ1) is 9.49. The van der Waals surface area contributed by atoms with Gasteiger partial charge in [0.25, 0.3) is 0 Å². The van der Waals surface area contributed by atoms with Crippen molar-refractivity contribution < 1.29 is 0 Å². The van der Waals surface area contributed by atoms with Gasteiger partial charge in [-0.1, -0.05) is 17.7 Å². The van der Waals surface area contributed by atoms with Crippen LogP contribution < -0.4 is 5.73 Å². The Labute approximate surface area is 124 Å². The third-order valence-electron chi connectivity index (χ3n) is 3.14. The van der Waals surface area contributed by atoms with E-state index in [4.69, 9.17) is 17.3 Å². The van der Waals surface area contributed by atoms with Crippen LogP contribution in [0.25, 0.3) is 0 Å². The second-order valence-electron chi connectivity index (χ2n) is 5.18. The van der Waals surface area contributed by atoms with Crippen LogP contribution >= 0.6 is 11.6 Å². The van der Waals surface area contributed by atoms with E-state index in [9.17, 15) is 0 Å². The highest BCUT2D eigenvalue weighted by Gasteiger charge is 2.19. The molecule has 20 heavy (non-hydrogen) atoms. The summed E-state index contributed by atoms with van der Waals surface area (Å²) in [6.07, 6.45) is 5.23. The topological polar surface area (TPSA) is 60.0 Å². The lowest BCUT2D eigenvalue weighted by Crippen LogP contribution is -2.23. The normalized spacial score (nSPS) is 12.9. The maximum atomic E-state index is 6.34. The van der Waals surface area contributed by atoms with Crippen molar-refractivity contribution in [1.82, 2.24) is 19.7 Å². The molecule has 5 nitrogen and oxygen atoms in total. The van der Waals surface area contributed by atoms with Crippen LogP contribution in [0.2, 0.25) is 5.02 Å². The maximum absolute atomic E-state index is 6.34. The molecule has 0 fully saturated rings. The number of hydrogen-bond donors (Lipinski definition) is 1. The number of pyridine rings is 1. The van der Waals surface area contributed by atoms with Gasteiger partial charge in [-0.3, -0.25) is 9.67 Å². The van der Waals surface area contributed by atoms with Crippen molar-refractivity contribution in [2.45, 2.75) is 19.5 Å². The fourth-order valence-electron chi connectivity index (χ4n) is 2.06. The molecule has 2 N–H and O–H groups in total. The van der Waals surface area contributed by atoms with Gasteiger partial charge >= 0.3 is 0 Å². The van der Waals surface area contributed by atoms with Crippen molar-refractivity contribution in [3.05, 3.63) is 46.5 Å². The number of aromatic nitrogens is 3. The molecule has 2 aromatic heterocycles. The summed E-state index contributed by atoms with van der Waals surface area (Å²) in [5.41, 5.74) is 9.19. The molecule has 2 aromatic rings. The first kappa shape index (κ1) is 15.0. The van der Waals surface area contributed by atoms with E-state index >= 15 is 0 Å². The molecule has 108 valence electrons. The molecule has 0 aliphatic heterocycles. The first-order valence-electron chi connectivity index (χ1n) is 6.52. The molecule has 0 spiro atoms. The SMILES string of the molecule is Cc1cncc(C(N)c2c(Cl)cnn2CCN(C)C)c1. The Morgan fingerprint density at radius 1 is 1.35 bits per heavy atom. The van der Waals surface area contributed by atoms with Gasteiger partial charge in [0.15, 0.2) is 0 Å². The van der Waals surface area contributed by atoms with Gasteiger partial charge in [0, 0.05) is 18.9 Å². The van der Waals surface area contributed by atoms with Gasteiger partial charge in [0.2, 0.25) is 0 Å². The zero-order valence-corrected chi connectivity index (χ0v) is 12.8. The third-order valence-corrected chi connectivity index (χ3v) is 3.43. The van der Waals surface area contributed by atoms with Gasteiger partial charge in [-0.25, -0.2) is 0 Å². The van der Waals surface area contributed by atoms with Crippen molar-refractivity contribution in [2.75, 3.05) is 20.6 Å². The standard InChI is InChI=1S/C14H20ClN5/c1-10-6-11(8-17-7-10)13(16)14-12(15)9-18-20(14)5-4-19(2)3/h6-9,13H,4-5,16H2,1-3H3. The Morgan fingerprint density at radius 2 is 2.10 bits per heavy atom. The highest BCUT2D eigenvalue weighted by Crippen LogP contribution is 2.26. The monoisotopic (exact) mass is 293 g/mol. The summed E-state index contributed by atoms with van der Waals surface area (Å²) in [4.78, 5) is 6.28. The molecule has 0 aromatic carbocycles. The number of nitrogens with zero attached hydrogens (tertiary/aromatic N) is 4. The fraction of sp³-hybridized carbons (Fsp3) is 0.429. The number of hydrogen-bond acceptors (Lipinski definition) is 4. The van der Waals surface area contributed by atoms with E-state index in [1.807, 2.05) is 31.8 Å².